The van der Waals surface area contributed by atoms with E-state index < -0.39 is 11.7 Å². The van der Waals surface area contributed by atoms with Crippen LogP contribution in [0.1, 0.15) is 33.0 Å². The van der Waals surface area contributed by atoms with Gasteiger partial charge in [0.25, 0.3) is 0 Å². The Kier molecular flexibility index (Phi) is 2.89. The van der Waals surface area contributed by atoms with Gasteiger partial charge >= 0.3 is 6.18 Å². The van der Waals surface area contributed by atoms with Gasteiger partial charge in [-0.15, -0.1) is 0 Å². The Labute approximate surface area is 114 Å². The van der Waals surface area contributed by atoms with Crippen LogP contribution < -0.4 is 0 Å². The molecule has 0 heterocycles. The van der Waals surface area contributed by atoms with E-state index in [1.165, 1.54) is 12.1 Å². The first-order valence-electron chi connectivity index (χ1n) is 6.26. The maximum Gasteiger partial charge on any atom is 0.416 e. The molecule has 0 spiro atoms. The summed E-state index contributed by atoms with van der Waals surface area (Å²) in [5.74, 6) is -0.333. The van der Waals surface area contributed by atoms with E-state index in [4.69, 9.17) is 0 Å². The monoisotopic (exact) mass is 276 g/mol. The van der Waals surface area contributed by atoms with Gasteiger partial charge in [0, 0.05) is 5.56 Å². The molecule has 0 aromatic heterocycles. The highest BCUT2D eigenvalue weighted by molar-refractivity contribution is 6.02. The molecule has 0 radical (unpaired) electrons. The highest BCUT2D eigenvalue weighted by Crippen LogP contribution is 2.37. The van der Waals surface area contributed by atoms with Crippen molar-refractivity contribution in [3.05, 3.63) is 70.8 Å². The number of benzene rings is 2. The third kappa shape index (κ3) is 2.11. The van der Waals surface area contributed by atoms with E-state index in [1.807, 2.05) is 24.3 Å². The summed E-state index contributed by atoms with van der Waals surface area (Å²) in [7, 11) is 0. The molecule has 0 saturated carbocycles. The van der Waals surface area contributed by atoms with Crippen molar-refractivity contribution in [2.75, 3.05) is 0 Å². The Balaban J connectivity index is 1.83. The van der Waals surface area contributed by atoms with Crippen LogP contribution in [-0.2, 0) is 12.6 Å². The van der Waals surface area contributed by atoms with Crippen molar-refractivity contribution in [3.8, 4) is 0 Å². The molecule has 1 atom stereocenters. The zero-order chi connectivity index (χ0) is 14.3. The summed E-state index contributed by atoms with van der Waals surface area (Å²) in [6.45, 7) is 0. The summed E-state index contributed by atoms with van der Waals surface area (Å²) < 4.78 is 37.4. The lowest BCUT2D eigenvalue weighted by atomic mass is 9.74. The molecule has 0 saturated heterocycles. The Morgan fingerprint density at radius 2 is 1.65 bits per heavy atom. The van der Waals surface area contributed by atoms with Crippen LogP contribution in [0.2, 0.25) is 0 Å². The Bertz CT molecular complexity index is 656. The second-order valence-corrected chi connectivity index (χ2v) is 4.89. The summed E-state index contributed by atoms with van der Waals surface area (Å²) >= 11 is 0. The van der Waals surface area contributed by atoms with Gasteiger partial charge in [-0.05, 0) is 29.7 Å². The van der Waals surface area contributed by atoms with Crippen molar-refractivity contribution in [1.82, 2.24) is 0 Å². The lowest BCUT2D eigenvalue weighted by Crippen LogP contribution is -2.25. The first kappa shape index (κ1) is 12.9. The number of alkyl halides is 3. The average Bonchev–Trinajstić information content (AvgIpc) is 2.39. The Morgan fingerprint density at radius 1 is 1.00 bits per heavy atom. The molecule has 2 aromatic carbocycles. The van der Waals surface area contributed by atoms with Crippen LogP contribution in [0.5, 0.6) is 0 Å². The molecule has 4 heteroatoms. The number of carbonyl (C=O) groups is 1. The molecule has 0 aliphatic heterocycles. The van der Waals surface area contributed by atoms with E-state index in [1.54, 1.807) is 0 Å². The highest BCUT2D eigenvalue weighted by Gasteiger charge is 2.33. The zero-order valence-electron chi connectivity index (χ0n) is 10.4. The fraction of sp³-hybridized carbons (Fsp3) is 0.188. The third-order valence-corrected chi connectivity index (χ3v) is 3.67. The molecule has 0 N–H and O–H groups in total. The van der Waals surface area contributed by atoms with Crippen molar-refractivity contribution in [1.29, 1.82) is 0 Å². The Morgan fingerprint density at radius 3 is 2.25 bits per heavy atom. The molecule has 0 fully saturated rings. The van der Waals surface area contributed by atoms with E-state index >= 15 is 0 Å². The van der Waals surface area contributed by atoms with Gasteiger partial charge in [0.15, 0.2) is 5.78 Å². The molecule has 1 unspecified atom stereocenters. The average molecular weight is 276 g/mol. The van der Waals surface area contributed by atoms with Gasteiger partial charge in [0.2, 0.25) is 0 Å². The molecule has 3 rings (SSSR count). The van der Waals surface area contributed by atoms with Crippen LogP contribution in [-0.4, -0.2) is 5.78 Å². The predicted octanol–water partition coefficient (Wildman–Crippen LogP) is 4.23. The molecular formula is C16H11F3O. The van der Waals surface area contributed by atoms with E-state index in [0.29, 0.717) is 12.0 Å². The second-order valence-electron chi connectivity index (χ2n) is 4.89. The van der Waals surface area contributed by atoms with Gasteiger partial charge in [-0.3, -0.25) is 4.79 Å². The van der Waals surface area contributed by atoms with Gasteiger partial charge in [-0.2, -0.15) is 13.2 Å². The fourth-order valence-corrected chi connectivity index (χ4v) is 2.52. The first-order valence-corrected chi connectivity index (χ1v) is 6.26. The standard InChI is InChI=1S/C16H11F3O/c17-16(18,19)12-7-5-10(6-8-12)15(20)14-9-11-3-1-2-4-13(11)14/h1-8,14H,9H2. The minimum Gasteiger partial charge on any atom is -0.293 e. The SMILES string of the molecule is O=C(c1ccc(C(F)(F)F)cc1)C1Cc2ccccc21. The lowest BCUT2D eigenvalue weighted by molar-refractivity contribution is -0.137. The number of halogens is 3. The van der Waals surface area contributed by atoms with Gasteiger partial charge < -0.3 is 0 Å². The molecule has 0 amide bonds. The molecule has 20 heavy (non-hydrogen) atoms. The summed E-state index contributed by atoms with van der Waals surface area (Å²) in [6, 6.07) is 12.1. The number of carbonyl (C=O) groups excluding carboxylic acids is 1. The van der Waals surface area contributed by atoms with Crippen LogP contribution >= 0.6 is 0 Å². The maximum absolute atomic E-state index is 12.5. The summed E-state index contributed by atoms with van der Waals surface area (Å²) in [4.78, 5) is 12.3. The molecule has 2 aromatic rings. The second kappa shape index (κ2) is 4.47. The number of fused-ring (bicyclic) bond motifs is 1. The molecular weight excluding hydrogens is 265 g/mol. The topological polar surface area (TPSA) is 17.1 Å². The molecule has 1 aliphatic carbocycles. The van der Waals surface area contributed by atoms with E-state index in [0.717, 1.165) is 23.3 Å². The van der Waals surface area contributed by atoms with Crippen molar-refractivity contribution in [2.45, 2.75) is 18.5 Å². The number of Topliss-reactive ketones (excluding diaryl/α,β-unsaturated/α-hetero) is 1. The number of rotatable bonds is 2. The minimum absolute atomic E-state index is 0.113. The van der Waals surface area contributed by atoms with E-state index in [9.17, 15) is 18.0 Å². The summed E-state index contributed by atoms with van der Waals surface area (Å²) in [5.41, 5.74) is 1.72. The fourth-order valence-electron chi connectivity index (χ4n) is 2.52. The maximum atomic E-state index is 12.5. The van der Waals surface area contributed by atoms with Crippen LogP contribution in [0, 0.1) is 0 Å². The number of hydrogen-bond donors (Lipinski definition) is 0. The van der Waals surface area contributed by atoms with E-state index in [-0.39, 0.29) is 11.7 Å². The molecule has 0 bridgehead atoms. The zero-order valence-corrected chi connectivity index (χ0v) is 10.4. The van der Waals surface area contributed by atoms with Crippen LogP contribution in [0.25, 0.3) is 0 Å². The first-order chi connectivity index (χ1) is 9.47. The third-order valence-electron chi connectivity index (χ3n) is 3.67. The summed E-state index contributed by atoms with van der Waals surface area (Å²) in [6.07, 6.45) is -3.71. The molecule has 1 aliphatic rings. The van der Waals surface area contributed by atoms with Crippen molar-refractivity contribution in [3.63, 3.8) is 0 Å². The quantitative estimate of drug-likeness (QED) is 0.750. The van der Waals surface area contributed by atoms with Crippen molar-refractivity contribution < 1.29 is 18.0 Å². The largest absolute Gasteiger partial charge is 0.416 e. The van der Waals surface area contributed by atoms with Gasteiger partial charge in [0.05, 0.1) is 11.5 Å². The van der Waals surface area contributed by atoms with Gasteiger partial charge in [-0.25, -0.2) is 0 Å². The van der Waals surface area contributed by atoms with Gasteiger partial charge in [-0.1, -0.05) is 36.4 Å². The van der Waals surface area contributed by atoms with Crippen LogP contribution in [0.4, 0.5) is 13.2 Å². The number of ketones is 1. The smallest absolute Gasteiger partial charge is 0.293 e. The minimum atomic E-state index is -4.37. The Hall–Kier alpha value is -2.10. The van der Waals surface area contributed by atoms with Crippen molar-refractivity contribution >= 4 is 5.78 Å². The van der Waals surface area contributed by atoms with E-state index in [2.05, 4.69) is 0 Å². The van der Waals surface area contributed by atoms with Crippen molar-refractivity contribution in [2.24, 2.45) is 0 Å². The molecule has 102 valence electrons. The normalized spacial score (nSPS) is 17.2. The molecule has 1 nitrogen and oxygen atoms in total. The summed E-state index contributed by atoms with van der Waals surface area (Å²) in [5, 5.41) is 0. The van der Waals surface area contributed by atoms with Crippen LogP contribution in [0.15, 0.2) is 48.5 Å². The van der Waals surface area contributed by atoms with Gasteiger partial charge in [0.1, 0.15) is 0 Å². The highest BCUT2D eigenvalue weighted by atomic mass is 19.4. The lowest BCUT2D eigenvalue weighted by Gasteiger charge is -2.28. The predicted molar refractivity (Wildman–Crippen MR) is 68.7 cm³/mol. The van der Waals surface area contributed by atoms with Crippen LogP contribution in [0.3, 0.4) is 0 Å². The number of hydrogen-bond acceptors (Lipinski definition) is 1.